The van der Waals surface area contributed by atoms with E-state index in [1.54, 1.807) is 12.3 Å². The lowest BCUT2D eigenvalue weighted by Crippen LogP contribution is -2.26. The molecule has 4 heteroatoms. The van der Waals surface area contributed by atoms with Gasteiger partial charge in [0.2, 0.25) is 0 Å². The van der Waals surface area contributed by atoms with E-state index in [-0.39, 0.29) is 5.91 Å². The van der Waals surface area contributed by atoms with Crippen molar-refractivity contribution in [2.24, 2.45) is 5.73 Å². The minimum Gasteiger partial charge on any atom is -0.350 e. The van der Waals surface area contributed by atoms with Crippen LogP contribution in [0.4, 0.5) is 0 Å². The van der Waals surface area contributed by atoms with E-state index < -0.39 is 0 Å². The van der Waals surface area contributed by atoms with Crippen LogP contribution in [0.1, 0.15) is 27.2 Å². The number of nitrogens with one attached hydrogen (secondary N) is 1. The smallest absolute Gasteiger partial charge is 0.269 e. The maximum absolute atomic E-state index is 12.0. The van der Waals surface area contributed by atoms with Gasteiger partial charge in [-0.1, -0.05) is 24.3 Å². The maximum atomic E-state index is 12.0. The molecule has 0 saturated carbocycles. The lowest BCUT2D eigenvalue weighted by Gasteiger charge is -2.07. The molecule has 0 unspecified atom stereocenters. The van der Waals surface area contributed by atoms with Gasteiger partial charge in [0.1, 0.15) is 5.69 Å². The lowest BCUT2D eigenvalue weighted by molar-refractivity contribution is 0.0949. The molecule has 0 aliphatic rings. The molecule has 0 spiro atoms. The fourth-order valence-corrected chi connectivity index (χ4v) is 2.02. The monoisotopic (exact) mass is 269 g/mol. The summed E-state index contributed by atoms with van der Waals surface area (Å²) in [6.45, 7) is 3.08. The molecular weight excluding hydrogens is 250 g/mol. The Morgan fingerprint density at radius 1 is 1.30 bits per heavy atom. The van der Waals surface area contributed by atoms with Gasteiger partial charge in [0.25, 0.3) is 5.91 Å². The van der Waals surface area contributed by atoms with Gasteiger partial charge < -0.3 is 11.1 Å². The molecule has 0 atom stereocenters. The summed E-state index contributed by atoms with van der Waals surface area (Å²) in [6.07, 6.45) is 2.42. The average Bonchev–Trinajstić information content (AvgIpc) is 2.49. The van der Waals surface area contributed by atoms with Crippen LogP contribution in [0, 0.1) is 6.92 Å². The van der Waals surface area contributed by atoms with Crippen LogP contribution in [0.15, 0.2) is 42.6 Å². The lowest BCUT2D eigenvalue weighted by atomic mass is 10.1. The quantitative estimate of drug-likeness (QED) is 0.870. The number of nitrogens with two attached hydrogens (primary N) is 1. The van der Waals surface area contributed by atoms with Gasteiger partial charge in [-0.2, -0.15) is 0 Å². The Morgan fingerprint density at radius 3 is 2.85 bits per heavy atom. The second-order valence-electron chi connectivity index (χ2n) is 4.69. The van der Waals surface area contributed by atoms with Gasteiger partial charge >= 0.3 is 0 Å². The number of nitrogens with zero attached hydrogens (tertiary/aromatic N) is 1. The Balaban J connectivity index is 1.91. The topological polar surface area (TPSA) is 68.0 Å². The number of aryl methyl sites for hydroxylation is 1. The van der Waals surface area contributed by atoms with Gasteiger partial charge in [-0.25, -0.2) is 0 Å². The molecule has 1 aromatic carbocycles. The molecule has 0 bridgehead atoms. The molecule has 2 aromatic rings. The minimum atomic E-state index is -0.158. The third-order valence-electron chi connectivity index (χ3n) is 3.23. The number of hydrogen-bond donors (Lipinski definition) is 2. The summed E-state index contributed by atoms with van der Waals surface area (Å²) >= 11 is 0. The summed E-state index contributed by atoms with van der Waals surface area (Å²) < 4.78 is 0. The number of carbonyl (C=O) groups excluding carboxylic acids is 1. The summed E-state index contributed by atoms with van der Waals surface area (Å²) in [7, 11) is 0. The van der Waals surface area contributed by atoms with E-state index >= 15 is 0 Å². The molecule has 104 valence electrons. The Kier molecular flexibility index (Phi) is 4.85. The van der Waals surface area contributed by atoms with Crippen molar-refractivity contribution in [1.82, 2.24) is 10.3 Å². The molecule has 0 saturated heterocycles. The number of benzene rings is 1. The van der Waals surface area contributed by atoms with Crippen LogP contribution in [-0.2, 0) is 13.0 Å². The Labute approximate surface area is 119 Å². The number of hydrogen-bond acceptors (Lipinski definition) is 3. The number of aromatic nitrogens is 1. The first-order chi connectivity index (χ1) is 9.70. The number of pyridine rings is 1. The van der Waals surface area contributed by atoms with Crippen LogP contribution in [0.2, 0.25) is 0 Å². The van der Waals surface area contributed by atoms with Crippen molar-refractivity contribution >= 4 is 5.91 Å². The largest absolute Gasteiger partial charge is 0.350 e. The molecule has 4 nitrogen and oxygen atoms in total. The third-order valence-corrected chi connectivity index (χ3v) is 3.23. The molecule has 1 heterocycles. The molecule has 0 aliphatic carbocycles. The average molecular weight is 269 g/mol. The van der Waals surface area contributed by atoms with Gasteiger partial charge in [-0.15, -0.1) is 0 Å². The summed E-state index contributed by atoms with van der Waals surface area (Å²) in [6, 6.07) is 11.7. The highest BCUT2D eigenvalue weighted by atomic mass is 16.1. The van der Waals surface area contributed by atoms with E-state index in [4.69, 9.17) is 5.73 Å². The number of amides is 1. The fraction of sp³-hybridized carbons (Fsp3) is 0.250. The molecule has 0 aliphatic heterocycles. The van der Waals surface area contributed by atoms with E-state index in [1.165, 1.54) is 11.1 Å². The normalized spacial score (nSPS) is 10.3. The van der Waals surface area contributed by atoms with E-state index in [9.17, 15) is 4.79 Å². The summed E-state index contributed by atoms with van der Waals surface area (Å²) in [4.78, 5) is 16.0. The van der Waals surface area contributed by atoms with E-state index in [0.717, 1.165) is 12.0 Å². The number of carbonyl (C=O) groups is 1. The van der Waals surface area contributed by atoms with Crippen LogP contribution in [0.3, 0.4) is 0 Å². The van der Waals surface area contributed by atoms with Crippen molar-refractivity contribution in [3.63, 3.8) is 0 Å². The zero-order chi connectivity index (χ0) is 14.4. The second kappa shape index (κ2) is 6.82. The SMILES string of the molecule is Cc1ccccc1CCNC(=O)c1cc(CN)ccn1. The highest BCUT2D eigenvalue weighted by Crippen LogP contribution is 2.07. The van der Waals surface area contributed by atoms with Crippen molar-refractivity contribution in [1.29, 1.82) is 0 Å². The van der Waals surface area contributed by atoms with E-state index in [0.29, 0.717) is 18.8 Å². The zero-order valence-electron chi connectivity index (χ0n) is 11.6. The molecule has 0 radical (unpaired) electrons. The molecular formula is C16H19N3O. The van der Waals surface area contributed by atoms with Gasteiger partial charge in [0.15, 0.2) is 0 Å². The first-order valence-corrected chi connectivity index (χ1v) is 6.68. The summed E-state index contributed by atoms with van der Waals surface area (Å²) in [5.74, 6) is -0.158. The van der Waals surface area contributed by atoms with E-state index in [1.807, 2.05) is 18.2 Å². The predicted octanol–water partition coefficient (Wildman–Crippen LogP) is 1.82. The van der Waals surface area contributed by atoms with Gasteiger partial charge in [0.05, 0.1) is 0 Å². The highest BCUT2D eigenvalue weighted by molar-refractivity contribution is 5.92. The van der Waals surface area contributed by atoms with Crippen LogP contribution in [0.5, 0.6) is 0 Å². The molecule has 3 N–H and O–H groups in total. The van der Waals surface area contributed by atoms with Crippen molar-refractivity contribution in [3.8, 4) is 0 Å². The first kappa shape index (κ1) is 14.2. The zero-order valence-corrected chi connectivity index (χ0v) is 11.6. The molecule has 1 aromatic heterocycles. The molecule has 0 fully saturated rings. The molecule has 2 rings (SSSR count). The molecule has 20 heavy (non-hydrogen) atoms. The van der Waals surface area contributed by atoms with Gasteiger partial charge in [-0.3, -0.25) is 9.78 Å². The van der Waals surface area contributed by atoms with Crippen molar-refractivity contribution in [2.45, 2.75) is 19.9 Å². The Bertz CT molecular complexity index is 596. The van der Waals surface area contributed by atoms with Crippen LogP contribution in [0.25, 0.3) is 0 Å². The highest BCUT2D eigenvalue weighted by Gasteiger charge is 2.07. The van der Waals surface area contributed by atoms with Crippen LogP contribution < -0.4 is 11.1 Å². The second-order valence-corrected chi connectivity index (χ2v) is 4.69. The van der Waals surface area contributed by atoms with Gasteiger partial charge in [-0.05, 0) is 42.2 Å². The third kappa shape index (κ3) is 3.65. The fourth-order valence-electron chi connectivity index (χ4n) is 2.02. The number of rotatable bonds is 5. The Hall–Kier alpha value is -2.20. The van der Waals surface area contributed by atoms with E-state index in [2.05, 4.69) is 29.4 Å². The first-order valence-electron chi connectivity index (χ1n) is 6.68. The molecule has 1 amide bonds. The summed E-state index contributed by atoms with van der Waals surface area (Å²) in [5.41, 5.74) is 9.36. The van der Waals surface area contributed by atoms with Crippen LogP contribution >= 0.6 is 0 Å². The standard InChI is InChI=1S/C16H19N3O/c1-12-4-2-3-5-14(12)7-9-19-16(20)15-10-13(11-17)6-8-18-15/h2-6,8,10H,7,9,11,17H2,1H3,(H,19,20). The van der Waals surface area contributed by atoms with Gasteiger partial charge in [0, 0.05) is 19.3 Å². The summed E-state index contributed by atoms with van der Waals surface area (Å²) in [5, 5.41) is 2.88. The minimum absolute atomic E-state index is 0.158. The van der Waals surface area contributed by atoms with Crippen molar-refractivity contribution in [3.05, 3.63) is 65.0 Å². The van der Waals surface area contributed by atoms with Crippen molar-refractivity contribution < 1.29 is 4.79 Å². The Morgan fingerprint density at radius 2 is 2.10 bits per heavy atom. The van der Waals surface area contributed by atoms with Crippen LogP contribution in [-0.4, -0.2) is 17.4 Å². The maximum Gasteiger partial charge on any atom is 0.269 e. The van der Waals surface area contributed by atoms with Crippen molar-refractivity contribution in [2.75, 3.05) is 6.54 Å². The predicted molar refractivity (Wildman–Crippen MR) is 79.3 cm³/mol.